The SMILES string of the molecule is C=C(C)CNC(=NCC(=O)N(C)C)N1CCN(c2cccs2)CC1.I. The van der Waals surface area contributed by atoms with Crippen LogP contribution in [-0.2, 0) is 4.79 Å². The molecule has 0 spiro atoms. The van der Waals surface area contributed by atoms with E-state index < -0.39 is 0 Å². The zero-order valence-electron chi connectivity index (χ0n) is 15.2. The Hall–Kier alpha value is -1.29. The summed E-state index contributed by atoms with van der Waals surface area (Å²) in [6, 6.07) is 4.24. The lowest BCUT2D eigenvalue weighted by Crippen LogP contribution is -2.52. The Morgan fingerprint density at radius 1 is 1.36 bits per heavy atom. The van der Waals surface area contributed by atoms with E-state index in [0.717, 1.165) is 37.7 Å². The number of amides is 1. The van der Waals surface area contributed by atoms with Crippen molar-refractivity contribution in [2.75, 3.05) is 58.3 Å². The predicted octanol–water partition coefficient (Wildman–Crippen LogP) is 2.10. The fraction of sp³-hybridized carbons (Fsp3) is 0.529. The van der Waals surface area contributed by atoms with Crippen molar-refractivity contribution >= 4 is 52.2 Å². The van der Waals surface area contributed by atoms with Crippen LogP contribution in [0.5, 0.6) is 0 Å². The molecule has 25 heavy (non-hydrogen) atoms. The topological polar surface area (TPSA) is 51.2 Å². The van der Waals surface area contributed by atoms with Crippen molar-refractivity contribution in [2.24, 2.45) is 4.99 Å². The number of piperazine rings is 1. The van der Waals surface area contributed by atoms with Gasteiger partial charge >= 0.3 is 0 Å². The third-order valence-electron chi connectivity index (χ3n) is 3.81. The average Bonchev–Trinajstić information content (AvgIpc) is 3.09. The fourth-order valence-corrected chi connectivity index (χ4v) is 3.16. The Balaban J connectivity index is 0.00000312. The van der Waals surface area contributed by atoms with Crippen molar-refractivity contribution in [1.29, 1.82) is 0 Å². The first-order valence-electron chi connectivity index (χ1n) is 8.13. The van der Waals surface area contributed by atoms with Crippen LogP contribution >= 0.6 is 35.3 Å². The van der Waals surface area contributed by atoms with Crippen molar-refractivity contribution in [3.63, 3.8) is 0 Å². The molecule has 0 aliphatic carbocycles. The van der Waals surface area contributed by atoms with Crippen molar-refractivity contribution in [3.05, 3.63) is 29.7 Å². The standard InChI is InChI=1S/C17H27N5OS.HI/c1-14(2)12-18-17(19-13-15(23)20(3)4)22-9-7-21(8-10-22)16-6-5-11-24-16;/h5-6,11H,1,7-10,12-13H2,2-4H3,(H,18,19);1H. The van der Waals surface area contributed by atoms with Crippen LogP contribution in [0.25, 0.3) is 0 Å². The molecule has 140 valence electrons. The average molecular weight is 477 g/mol. The number of carbonyl (C=O) groups is 1. The van der Waals surface area contributed by atoms with E-state index in [4.69, 9.17) is 0 Å². The molecular weight excluding hydrogens is 449 g/mol. The van der Waals surface area contributed by atoms with Gasteiger partial charge in [0.15, 0.2) is 5.96 Å². The number of guanidine groups is 1. The fourth-order valence-electron chi connectivity index (χ4n) is 2.37. The van der Waals surface area contributed by atoms with Crippen molar-refractivity contribution in [1.82, 2.24) is 15.1 Å². The zero-order valence-corrected chi connectivity index (χ0v) is 18.3. The lowest BCUT2D eigenvalue weighted by Gasteiger charge is -2.37. The summed E-state index contributed by atoms with van der Waals surface area (Å²) >= 11 is 1.77. The van der Waals surface area contributed by atoms with Gasteiger partial charge in [-0.15, -0.1) is 35.3 Å². The smallest absolute Gasteiger partial charge is 0.243 e. The van der Waals surface area contributed by atoms with Gasteiger partial charge in [-0.05, 0) is 24.4 Å². The van der Waals surface area contributed by atoms with Crippen LogP contribution in [0.2, 0.25) is 0 Å². The Kier molecular flexibility index (Phi) is 9.26. The molecule has 6 nitrogen and oxygen atoms in total. The summed E-state index contributed by atoms with van der Waals surface area (Å²) in [6.45, 7) is 10.4. The second-order valence-electron chi connectivity index (χ2n) is 6.16. The quantitative estimate of drug-likeness (QED) is 0.306. The molecule has 0 radical (unpaired) electrons. The summed E-state index contributed by atoms with van der Waals surface area (Å²) in [6.07, 6.45) is 0. The number of nitrogens with one attached hydrogen (secondary N) is 1. The summed E-state index contributed by atoms with van der Waals surface area (Å²) in [4.78, 5) is 22.5. The maximum absolute atomic E-state index is 11.8. The van der Waals surface area contributed by atoms with E-state index in [0.29, 0.717) is 6.54 Å². The summed E-state index contributed by atoms with van der Waals surface area (Å²) in [5, 5.41) is 6.74. The highest BCUT2D eigenvalue weighted by molar-refractivity contribution is 14.0. The number of nitrogens with zero attached hydrogens (tertiary/aromatic N) is 4. The molecule has 0 saturated carbocycles. The second kappa shape index (κ2) is 10.6. The number of hydrogen-bond acceptors (Lipinski definition) is 4. The van der Waals surface area contributed by atoms with E-state index in [-0.39, 0.29) is 36.4 Å². The summed E-state index contributed by atoms with van der Waals surface area (Å²) < 4.78 is 0. The second-order valence-corrected chi connectivity index (χ2v) is 7.09. The Labute approximate surface area is 171 Å². The van der Waals surface area contributed by atoms with Crippen LogP contribution in [0, 0.1) is 0 Å². The van der Waals surface area contributed by atoms with E-state index in [1.807, 2.05) is 6.92 Å². The van der Waals surface area contributed by atoms with Crippen molar-refractivity contribution in [2.45, 2.75) is 6.92 Å². The first kappa shape index (κ1) is 21.8. The van der Waals surface area contributed by atoms with Crippen LogP contribution in [0.3, 0.4) is 0 Å². The molecule has 0 unspecified atom stereocenters. The van der Waals surface area contributed by atoms with E-state index in [1.165, 1.54) is 5.00 Å². The molecule has 0 atom stereocenters. The van der Waals surface area contributed by atoms with Gasteiger partial charge in [-0.3, -0.25) is 4.79 Å². The number of likely N-dealkylation sites (N-methyl/N-ethyl adjacent to an activating group) is 1. The molecule has 2 heterocycles. The number of anilines is 1. The molecule has 0 aromatic carbocycles. The highest BCUT2D eigenvalue weighted by Crippen LogP contribution is 2.22. The minimum Gasteiger partial charge on any atom is -0.360 e. The van der Waals surface area contributed by atoms with Crippen LogP contribution in [0.15, 0.2) is 34.7 Å². The van der Waals surface area contributed by atoms with E-state index >= 15 is 0 Å². The number of halogens is 1. The number of hydrogen-bond donors (Lipinski definition) is 1. The molecule has 1 N–H and O–H groups in total. The number of thiophene rings is 1. The highest BCUT2D eigenvalue weighted by Gasteiger charge is 2.20. The molecule has 2 rings (SSSR count). The van der Waals surface area contributed by atoms with Crippen LogP contribution < -0.4 is 10.2 Å². The predicted molar refractivity (Wildman–Crippen MR) is 117 cm³/mol. The molecule has 0 bridgehead atoms. The largest absolute Gasteiger partial charge is 0.360 e. The number of aliphatic imine (C=N–C) groups is 1. The highest BCUT2D eigenvalue weighted by atomic mass is 127. The first-order chi connectivity index (χ1) is 11.5. The molecule has 1 fully saturated rings. The molecule has 8 heteroatoms. The van der Waals surface area contributed by atoms with Crippen LogP contribution in [0.4, 0.5) is 5.00 Å². The molecule has 1 aliphatic rings. The van der Waals surface area contributed by atoms with Crippen molar-refractivity contribution in [3.8, 4) is 0 Å². The minimum absolute atomic E-state index is 0. The molecule has 1 aromatic rings. The van der Waals surface area contributed by atoms with Gasteiger partial charge in [-0.1, -0.05) is 12.2 Å². The summed E-state index contributed by atoms with van der Waals surface area (Å²) in [5.41, 5.74) is 1.04. The van der Waals surface area contributed by atoms with Gasteiger partial charge in [0.1, 0.15) is 6.54 Å². The van der Waals surface area contributed by atoms with E-state index in [2.05, 4.69) is 44.2 Å². The Morgan fingerprint density at radius 2 is 2.04 bits per heavy atom. The van der Waals surface area contributed by atoms with Gasteiger partial charge in [0.25, 0.3) is 0 Å². The lowest BCUT2D eigenvalue weighted by molar-refractivity contribution is -0.127. The molecular formula is C17H28IN5OS. The monoisotopic (exact) mass is 477 g/mol. The Morgan fingerprint density at radius 3 is 2.56 bits per heavy atom. The summed E-state index contributed by atoms with van der Waals surface area (Å²) in [7, 11) is 3.50. The van der Waals surface area contributed by atoms with Gasteiger partial charge in [-0.2, -0.15) is 0 Å². The van der Waals surface area contributed by atoms with Crippen LogP contribution in [0.1, 0.15) is 6.92 Å². The maximum atomic E-state index is 11.8. The van der Waals surface area contributed by atoms with Gasteiger partial charge < -0.3 is 20.0 Å². The minimum atomic E-state index is 0. The van der Waals surface area contributed by atoms with E-state index in [9.17, 15) is 4.79 Å². The normalized spacial score (nSPS) is 14.8. The lowest BCUT2D eigenvalue weighted by atomic mass is 10.3. The van der Waals surface area contributed by atoms with Crippen molar-refractivity contribution < 1.29 is 4.79 Å². The van der Waals surface area contributed by atoms with Gasteiger partial charge in [0, 0.05) is 46.8 Å². The maximum Gasteiger partial charge on any atom is 0.243 e. The first-order valence-corrected chi connectivity index (χ1v) is 9.01. The summed E-state index contributed by atoms with van der Waals surface area (Å²) in [5.74, 6) is 0.792. The number of carbonyl (C=O) groups excluding carboxylic acids is 1. The van der Waals surface area contributed by atoms with Gasteiger partial charge in [0.2, 0.25) is 5.91 Å². The zero-order chi connectivity index (χ0) is 17.5. The van der Waals surface area contributed by atoms with Gasteiger partial charge in [0.05, 0.1) is 5.00 Å². The molecule has 1 amide bonds. The third kappa shape index (κ3) is 6.85. The third-order valence-corrected chi connectivity index (χ3v) is 4.74. The number of rotatable bonds is 5. The van der Waals surface area contributed by atoms with E-state index in [1.54, 1.807) is 30.3 Å². The van der Waals surface area contributed by atoms with Crippen LogP contribution in [-0.4, -0.2) is 75.0 Å². The molecule has 1 aromatic heterocycles. The Bertz CT molecular complexity index is 580. The molecule has 1 saturated heterocycles. The molecule has 1 aliphatic heterocycles. The van der Waals surface area contributed by atoms with Gasteiger partial charge in [-0.25, -0.2) is 4.99 Å².